The van der Waals surface area contributed by atoms with Crippen molar-refractivity contribution in [2.45, 2.75) is 159 Å². The first kappa shape index (κ1) is 47.3. The predicted octanol–water partition coefficient (Wildman–Crippen LogP) is 9.54. The summed E-state index contributed by atoms with van der Waals surface area (Å²) in [5.74, 6) is -0.387. The molecule has 11 heteroatoms. The first-order chi connectivity index (χ1) is 29.4. The van der Waals surface area contributed by atoms with Gasteiger partial charge in [-0.05, 0) is 40.2 Å². The van der Waals surface area contributed by atoms with Gasteiger partial charge in [0.2, 0.25) is 0 Å². The molecule has 6 rings (SSSR count). The molecule has 0 saturated carbocycles. The van der Waals surface area contributed by atoms with Gasteiger partial charge < -0.3 is 42.3 Å². The number of carbonyl (C=O) groups excluding carboxylic acids is 1. The van der Waals surface area contributed by atoms with E-state index in [0.29, 0.717) is 69.1 Å². The molecular formula is C50H70O10Si. The van der Waals surface area contributed by atoms with Crippen molar-refractivity contribution in [1.82, 2.24) is 0 Å². The van der Waals surface area contributed by atoms with Crippen molar-refractivity contribution in [3.63, 3.8) is 0 Å². The van der Waals surface area contributed by atoms with Crippen LogP contribution in [0.3, 0.4) is 0 Å². The summed E-state index contributed by atoms with van der Waals surface area (Å²) in [5.41, 5.74) is 3.45. The van der Waals surface area contributed by atoms with E-state index in [1.165, 1.54) is 7.11 Å². The average Bonchev–Trinajstić information content (AvgIpc) is 3.36. The highest BCUT2D eigenvalue weighted by atomic mass is 28.4. The lowest BCUT2D eigenvalue weighted by Gasteiger charge is -2.50. The van der Waals surface area contributed by atoms with Gasteiger partial charge in [-0.3, -0.25) is 4.79 Å². The molecule has 0 amide bonds. The third kappa shape index (κ3) is 12.1. The highest BCUT2D eigenvalue weighted by Crippen LogP contribution is 2.45. The number of carbonyl (C=O) groups is 1. The van der Waals surface area contributed by atoms with Crippen LogP contribution in [0.2, 0.25) is 16.6 Å². The SMILES string of the molecule is COC(=O)C[C@@H]1O[C@@H]2C[C@H](OCc3ccccc3)[C@@H](COCc3ccccc3)O[C@@]2(C)[C@H](OCc2ccccc2)C[C@H]1O[C@H]1C=CCO[C@@H]1CO[Si](C(C)C)(C(C)C)C(C)C. The van der Waals surface area contributed by atoms with Crippen LogP contribution in [0.15, 0.2) is 103 Å². The molecule has 0 aliphatic carbocycles. The summed E-state index contributed by atoms with van der Waals surface area (Å²) < 4.78 is 60.3. The Bertz CT molecular complexity index is 1750. The number of esters is 1. The van der Waals surface area contributed by atoms with Gasteiger partial charge in [-0.15, -0.1) is 0 Å². The molecule has 0 radical (unpaired) electrons. The monoisotopic (exact) mass is 858 g/mol. The molecule has 61 heavy (non-hydrogen) atoms. The maximum absolute atomic E-state index is 13.2. The van der Waals surface area contributed by atoms with Gasteiger partial charge in [0.15, 0.2) is 8.32 Å². The van der Waals surface area contributed by atoms with Gasteiger partial charge in [0.05, 0.1) is 83.7 Å². The molecule has 0 bridgehead atoms. The summed E-state index contributed by atoms with van der Waals surface area (Å²) in [6, 6.07) is 30.4. The van der Waals surface area contributed by atoms with E-state index in [1.54, 1.807) is 0 Å². The van der Waals surface area contributed by atoms with Gasteiger partial charge >= 0.3 is 5.97 Å². The second-order valence-corrected chi connectivity index (χ2v) is 23.4. The third-order valence-electron chi connectivity index (χ3n) is 13.0. The van der Waals surface area contributed by atoms with E-state index < -0.39 is 50.5 Å². The first-order valence-corrected chi connectivity index (χ1v) is 24.5. The van der Waals surface area contributed by atoms with Crippen molar-refractivity contribution in [3.05, 3.63) is 120 Å². The largest absolute Gasteiger partial charge is 0.469 e. The standard InChI is InChI=1S/C50H70O10Si/c1-35(2)61(36(3)4,37(5)6)57-34-45-41(25-18-26-54-45)58-43-28-47(56-32-40-23-16-11-17-24-40)50(7)48(59-44(43)29-49(51)52-8)27-42(55-31-39-21-14-10-15-22-39)46(60-50)33-53-30-38-19-12-9-13-20-38/h9-25,35-37,41-48H,26-34H2,1-8H3/t41-,42-,43+,44-,45+,46+,47+,48+,50-/m0/s1. The molecule has 2 fully saturated rings. The lowest BCUT2D eigenvalue weighted by molar-refractivity contribution is -0.284. The summed E-state index contributed by atoms with van der Waals surface area (Å²) in [4.78, 5) is 13.2. The van der Waals surface area contributed by atoms with Crippen LogP contribution in [0.4, 0.5) is 0 Å². The van der Waals surface area contributed by atoms with Gasteiger partial charge in [-0.25, -0.2) is 0 Å². The molecule has 0 unspecified atom stereocenters. The Morgan fingerprint density at radius 3 is 1.87 bits per heavy atom. The summed E-state index contributed by atoms with van der Waals surface area (Å²) >= 11 is 0. The Morgan fingerprint density at radius 2 is 1.30 bits per heavy atom. The minimum atomic E-state index is -2.20. The Kier molecular flexibility index (Phi) is 17.4. The second-order valence-electron chi connectivity index (χ2n) is 17.9. The Labute approximate surface area is 365 Å². The fourth-order valence-corrected chi connectivity index (χ4v) is 15.2. The van der Waals surface area contributed by atoms with E-state index in [9.17, 15) is 4.79 Å². The molecule has 9 atom stereocenters. The maximum atomic E-state index is 13.2. The zero-order chi connectivity index (χ0) is 43.4. The van der Waals surface area contributed by atoms with Crippen molar-refractivity contribution < 1.29 is 47.1 Å². The van der Waals surface area contributed by atoms with Crippen molar-refractivity contribution in [1.29, 1.82) is 0 Å². The van der Waals surface area contributed by atoms with Crippen LogP contribution in [-0.4, -0.2) is 95.6 Å². The number of hydrogen-bond acceptors (Lipinski definition) is 10. The molecule has 10 nitrogen and oxygen atoms in total. The zero-order valence-corrected chi connectivity index (χ0v) is 38.6. The van der Waals surface area contributed by atoms with Crippen LogP contribution in [0.5, 0.6) is 0 Å². The molecule has 334 valence electrons. The van der Waals surface area contributed by atoms with E-state index in [-0.39, 0.29) is 24.6 Å². The topological polar surface area (TPSA) is 100 Å². The van der Waals surface area contributed by atoms with Crippen molar-refractivity contribution >= 4 is 14.3 Å². The highest BCUT2D eigenvalue weighted by Gasteiger charge is 2.57. The Hall–Kier alpha value is -3.23. The normalized spacial score (nSPS) is 28.2. The van der Waals surface area contributed by atoms with Crippen LogP contribution in [-0.2, 0) is 66.9 Å². The van der Waals surface area contributed by atoms with Crippen molar-refractivity contribution in [2.75, 3.05) is 26.9 Å². The molecule has 0 spiro atoms. The molecular weight excluding hydrogens is 789 g/mol. The average molecular weight is 859 g/mol. The van der Waals surface area contributed by atoms with E-state index in [1.807, 2.05) is 60.7 Å². The molecule has 0 aromatic heterocycles. The Morgan fingerprint density at radius 1 is 0.721 bits per heavy atom. The Balaban J connectivity index is 1.31. The smallest absolute Gasteiger partial charge is 0.308 e. The minimum absolute atomic E-state index is 0.0131. The summed E-state index contributed by atoms with van der Waals surface area (Å²) in [7, 11) is -0.798. The van der Waals surface area contributed by atoms with E-state index >= 15 is 0 Å². The van der Waals surface area contributed by atoms with Gasteiger partial charge in [0.1, 0.15) is 23.9 Å². The third-order valence-corrected chi connectivity index (χ3v) is 19.1. The first-order valence-electron chi connectivity index (χ1n) is 22.3. The second kappa shape index (κ2) is 22.4. The summed E-state index contributed by atoms with van der Waals surface area (Å²) in [5, 5.41) is 0. The van der Waals surface area contributed by atoms with Crippen LogP contribution in [0.1, 0.15) is 84.4 Å². The van der Waals surface area contributed by atoms with E-state index in [2.05, 4.69) is 90.9 Å². The van der Waals surface area contributed by atoms with Crippen LogP contribution in [0, 0.1) is 0 Å². The van der Waals surface area contributed by atoms with Crippen LogP contribution < -0.4 is 0 Å². The highest BCUT2D eigenvalue weighted by molar-refractivity contribution is 6.77. The van der Waals surface area contributed by atoms with Gasteiger partial charge in [-0.1, -0.05) is 145 Å². The zero-order valence-electron chi connectivity index (χ0n) is 37.6. The molecule has 2 saturated heterocycles. The molecule has 0 N–H and O–H groups in total. The quantitative estimate of drug-likeness (QED) is 0.0621. The van der Waals surface area contributed by atoms with E-state index in [4.69, 9.17) is 42.3 Å². The van der Waals surface area contributed by atoms with Crippen LogP contribution in [0.25, 0.3) is 0 Å². The molecule has 3 aromatic rings. The van der Waals surface area contributed by atoms with E-state index in [0.717, 1.165) is 16.7 Å². The number of rotatable bonds is 20. The number of ether oxygens (including phenoxy) is 8. The molecule has 3 aromatic carbocycles. The number of methoxy groups -OCH3 is 1. The lowest BCUT2D eigenvalue weighted by Crippen LogP contribution is -2.62. The van der Waals surface area contributed by atoms with Gasteiger partial charge in [0.25, 0.3) is 0 Å². The molecule has 3 aliphatic rings. The van der Waals surface area contributed by atoms with Crippen molar-refractivity contribution in [2.24, 2.45) is 0 Å². The van der Waals surface area contributed by atoms with Gasteiger partial charge in [-0.2, -0.15) is 0 Å². The maximum Gasteiger partial charge on any atom is 0.308 e. The van der Waals surface area contributed by atoms with Crippen LogP contribution >= 0.6 is 0 Å². The fraction of sp³-hybridized carbons (Fsp3) is 0.580. The fourth-order valence-electron chi connectivity index (χ4n) is 9.77. The summed E-state index contributed by atoms with van der Waals surface area (Å²) in [6.07, 6.45) is 0.960. The molecule has 3 aliphatic heterocycles. The lowest BCUT2D eigenvalue weighted by atomic mass is 9.82. The minimum Gasteiger partial charge on any atom is -0.469 e. The predicted molar refractivity (Wildman–Crippen MR) is 238 cm³/mol. The number of fused-ring (bicyclic) bond motifs is 1. The van der Waals surface area contributed by atoms with Gasteiger partial charge in [0, 0.05) is 12.8 Å². The summed E-state index contributed by atoms with van der Waals surface area (Å²) in [6.45, 7) is 18.2. The number of hydrogen-bond donors (Lipinski definition) is 0. The molecule has 3 heterocycles. The van der Waals surface area contributed by atoms with Crippen molar-refractivity contribution in [3.8, 4) is 0 Å². The number of benzene rings is 3.